The third-order valence-electron chi connectivity index (χ3n) is 6.11. The van der Waals surface area contributed by atoms with Crippen molar-refractivity contribution < 1.29 is 0 Å². The summed E-state index contributed by atoms with van der Waals surface area (Å²) in [6.45, 7) is 24.6. The van der Waals surface area contributed by atoms with Crippen molar-refractivity contribution in [3.63, 3.8) is 0 Å². The van der Waals surface area contributed by atoms with Crippen LogP contribution in [-0.4, -0.2) is 86.7 Å². The van der Waals surface area contributed by atoms with E-state index >= 15 is 0 Å². The molecule has 156 valence electrons. The summed E-state index contributed by atoms with van der Waals surface area (Å²) in [5.74, 6) is 1.91. The summed E-state index contributed by atoms with van der Waals surface area (Å²) in [5, 5.41) is 3.48. The van der Waals surface area contributed by atoms with Crippen molar-refractivity contribution in [2.75, 3.05) is 72.0 Å². The number of hydrogen-bond acceptors (Lipinski definition) is 4. The van der Waals surface area contributed by atoms with E-state index in [1.807, 2.05) is 27.7 Å². The molecular formula is C22H48N4. The number of rotatable bonds is 5. The van der Waals surface area contributed by atoms with Gasteiger partial charge in [0.15, 0.2) is 0 Å². The molecule has 0 aromatic carbocycles. The van der Waals surface area contributed by atoms with E-state index in [4.69, 9.17) is 0 Å². The Morgan fingerprint density at radius 3 is 1.46 bits per heavy atom. The van der Waals surface area contributed by atoms with Gasteiger partial charge in [-0.05, 0) is 70.2 Å². The zero-order valence-corrected chi connectivity index (χ0v) is 18.6. The second kappa shape index (κ2) is 14.8. The van der Waals surface area contributed by atoms with Crippen LogP contribution in [0.25, 0.3) is 0 Å². The fourth-order valence-electron chi connectivity index (χ4n) is 4.43. The molecule has 3 fully saturated rings. The van der Waals surface area contributed by atoms with Crippen LogP contribution in [0.1, 0.15) is 60.3 Å². The molecule has 1 N–H and O–H groups in total. The summed E-state index contributed by atoms with van der Waals surface area (Å²) in [4.78, 5) is 8.07. The fourth-order valence-corrected chi connectivity index (χ4v) is 4.43. The maximum atomic E-state index is 3.48. The maximum Gasteiger partial charge on any atom is 0.0110 e. The molecule has 3 heterocycles. The smallest absolute Gasteiger partial charge is 0.0110 e. The number of hydrogen-bond donors (Lipinski definition) is 1. The van der Waals surface area contributed by atoms with Crippen molar-refractivity contribution in [1.82, 2.24) is 20.0 Å². The van der Waals surface area contributed by atoms with Crippen LogP contribution < -0.4 is 5.32 Å². The highest BCUT2D eigenvalue weighted by Gasteiger charge is 2.24. The molecule has 0 aromatic rings. The Balaban J connectivity index is 0.000000791. The minimum Gasteiger partial charge on any atom is -0.317 e. The Labute approximate surface area is 164 Å². The Hall–Kier alpha value is -0.160. The highest BCUT2D eigenvalue weighted by atomic mass is 15.3. The Morgan fingerprint density at radius 1 is 0.615 bits per heavy atom. The molecule has 0 aromatic heterocycles. The first-order valence-corrected chi connectivity index (χ1v) is 11.7. The molecule has 0 atom stereocenters. The lowest BCUT2D eigenvalue weighted by Gasteiger charge is -2.40. The SMILES string of the molecule is CC.CC.CCN1CCC(CN2CCN(CC3CCNCC3)CC2)CC1. The molecule has 0 spiro atoms. The molecule has 3 saturated heterocycles. The van der Waals surface area contributed by atoms with Crippen molar-refractivity contribution in [2.24, 2.45) is 11.8 Å². The first-order chi connectivity index (χ1) is 12.8. The summed E-state index contributed by atoms with van der Waals surface area (Å²) in [5.41, 5.74) is 0. The van der Waals surface area contributed by atoms with E-state index in [0.717, 1.165) is 11.8 Å². The first kappa shape index (κ1) is 23.9. The zero-order chi connectivity index (χ0) is 19.2. The molecule has 4 nitrogen and oxygen atoms in total. The summed E-state index contributed by atoms with van der Waals surface area (Å²) >= 11 is 0. The van der Waals surface area contributed by atoms with E-state index in [1.165, 1.54) is 97.7 Å². The average Bonchev–Trinajstić information content (AvgIpc) is 2.74. The van der Waals surface area contributed by atoms with Gasteiger partial charge in [-0.2, -0.15) is 0 Å². The largest absolute Gasteiger partial charge is 0.317 e. The van der Waals surface area contributed by atoms with Crippen LogP contribution >= 0.6 is 0 Å². The highest BCUT2D eigenvalue weighted by molar-refractivity contribution is 4.80. The van der Waals surface area contributed by atoms with Crippen LogP contribution in [0.15, 0.2) is 0 Å². The van der Waals surface area contributed by atoms with Crippen molar-refractivity contribution in [3.8, 4) is 0 Å². The molecular weight excluding hydrogens is 320 g/mol. The molecule has 0 amide bonds. The van der Waals surface area contributed by atoms with E-state index in [1.54, 1.807) is 0 Å². The van der Waals surface area contributed by atoms with Crippen LogP contribution in [0.3, 0.4) is 0 Å². The average molecular weight is 369 g/mol. The van der Waals surface area contributed by atoms with Crippen molar-refractivity contribution in [1.29, 1.82) is 0 Å². The summed E-state index contributed by atoms with van der Waals surface area (Å²) < 4.78 is 0. The Morgan fingerprint density at radius 2 is 1.04 bits per heavy atom. The molecule has 26 heavy (non-hydrogen) atoms. The lowest BCUT2D eigenvalue weighted by atomic mass is 9.95. The van der Waals surface area contributed by atoms with E-state index in [0.29, 0.717) is 0 Å². The second-order valence-electron chi connectivity index (χ2n) is 7.67. The molecule has 4 heteroatoms. The van der Waals surface area contributed by atoms with E-state index in [2.05, 4.69) is 26.9 Å². The van der Waals surface area contributed by atoms with Gasteiger partial charge in [0, 0.05) is 39.3 Å². The third kappa shape index (κ3) is 8.69. The normalized spacial score (nSPS) is 24.3. The van der Waals surface area contributed by atoms with Gasteiger partial charge in [0.1, 0.15) is 0 Å². The van der Waals surface area contributed by atoms with Gasteiger partial charge in [-0.15, -0.1) is 0 Å². The molecule has 3 aliphatic heterocycles. The quantitative estimate of drug-likeness (QED) is 0.803. The van der Waals surface area contributed by atoms with Gasteiger partial charge in [-0.25, -0.2) is 0 Å². The maximum absolute atomic E-state index is 3.48. The first-order valence-electron chi connectivity index (χ1n) is 11.7. The molecule has 0 bridgehead atoms. The van der Waals surface area contributed by atoms with Gasteiger partial charge in [0.2, 0.25) is 0 Å². The van der Waals surface area contributed by atoms with Crippen LogP contribution in [-0.2, 0) is 0 Å². The molecule has 0 aliphatic carbocycles. The predicted octanol–water partition coefficient (Wildman–Crippen LogP) is 3.39. The van der Waals surface area contributed by atoms with Crippen LogP contribution in [0, 0.1) is 11.8 Å². The molecule has 0 unspecified atom stereocenters. The van der Waals surface area contributed by atoms with Crippen LogP contribution in [0.5, 0.6) is 0 Å². The monoisotopic (exact) mass is 368 g/mol. The lowest BCUT2D eigenvalue weighted by Crippen LogP contribution is -2.50. The Bertz CT molecular complexity index is 301. The van der Waals surface area contributed by atoms with E-state index in [-0.39, 0.29) is 0 Å². The fraction of sp³-hybridized carbons (Fsp3) is 1.00. The number of nitrogens with one attached hydrogen (secondary N) is 1. The molecule has 0 radical (unpaired) electrons. The molecule has 3 aliphatic rings. The van der Waals surface area contributed by atoms with E-state index < -0.39 is 0 Å². The van der Waals surface area contributed by atoms with Gasteiger partial charge >= 0.3 is 0 Å². The second-order valence-corrected chi connectivity index (χ2v) is 7.67. The standard InChI is InChI=1S/C18H36N4.2C2H6/c1-2-20-9-5-18(6-10-20)16-22-13-11-21(12-14-22)15-17-3-7-19-8-4-17;2*1-2/h17-19H,2-16H2,1H3;2*1-2H3. The molecule has 3 rings (SSSR count). The van der Waals surface area contributed by atoms with Crippen molar-refractivity contribution in [3.05, 3.63) is 0 Å². The highest BCUT2D eigenvalue weighted by Crippen LogP contribution is 2.20. The van der Waals surface area contributed by atoms with Gasteiger partial charge in [0.05, 0.1) is 0 Å². The van der Waals surface area contributed by atoms with Gasteiger partial charge < -0.3 is 20.0 Å². The zero-order valence-electron chi connectivity index (χ0n) is 18.6. The number of likely N-dealkylation sites (tertiary alicyclic amines) is 1. The minimum atomic E-state index is 0.950. The van der Waals surface area contributed by atoms with E-state index in [9.17, 15) is 0 Å². The van der Waals surface area contributed by atoms with Crippen molar-refractivity contribution >= 4 is 0 Å². The number of piperazine rings is 1. The topological polar surface area (TPSA) is 21.8 Å². The van der Waals surface area contributed by atoms with Crippen molar-refractivity contribution in [2.45, 2.75) is 60.3 Å². The van der Waals surface area contributed by atoms with Crippen LogP contribution in [0.2, 0.25) is 0 Å². The third-order valence-corrected chi connectivity index (χ3v) is 6.11. The van der Waals surface area contributed by atoms with Crippen LogP contribution in [0.4, 0.5) is 0 Å². The predicted molar refractivity (Wildman–Crippen MR) is 116 cm³/mol. The number of piperidine rings is 2. The lowest BCUT2D eigenvalue weighted by molar-refractivity contribution is 0.0847. The number of nitrogens with zero attached hydrogens (tertiary/aromatic N) is 3. The molecule has 0 saturated carbocycles. The Kier molecular flexibility index (Phi) is 13.6. The van der Waals surface area contributed by atoms with Gasteiger partial charge in [0.25, 0.3) is 0 Å². The summed E-state index contributed by atoms with van der Waals surface area (Å²) in [7, 11) is 0. The van der Waals surface area contributed by atoms with Gasteiger partial charge in [-0.3, -0.25) is 0 Å². The minimum absolute atomic E-state index is 0.950. The summed E-state index contributed by atoms with van der Waals surface area (Å²) in [6, 6.07) is 0. The van der Waals surface area contributed by atoms with Gasteiger partial charge in [-0.1, -0.05) is 34.6 Å². The summed E-state index contributed by atoms with van der Waals surface area (Å²) in [6.07, 6.45) is 5.61.